The average Bonchev–Trinajstić information content (AvgIpc) is 4.45. The summed E-state index contributed by atoms with van der Waals surface area (Å²) < 4.78 is 0. The molecular formula is C82H142. The summed E-state index contributed by atoms with van der Waals surface area (Å²) in [6.07, 6.45) is 59.4. The van der Waals surface area contributed by atoms with Gasteiger partial charge in [-0.15, -0.1) is 0 Å². The minimum Gasteiger partial charge on any atom is -0.0883 e. The van der Waals surface area contributed by atoms with Crippen molar-refractivity contribution >= 4 is 0 Å². The number of hydrogen-bond donors (Lipinski definition) is 0. The SMILES string of the molecule is C[C@@H]1[C@@H](C)[C@H]2C=C[C@@H]1C2.C[C@@H]1[C@@H](C)[C@H]2C=C[C@@H]1C2.C[C@@H]1[C@@H](C)[C@H]2C=C[C@@H]1CC2.C[C@@H]1[C@@H](C)[C@H]2C=C[C@@H]1CC2.C[C@H]1C2CCC(CC2)[C@@H]1C.C[C@H]1CC=CC[C@@H]1C.C[C@H]1CCCCC[C@@H]1C.C[C@H]1CCCC[C@@H]1C.C[C@H]1[C@@H]2CC[C@@H](C2)[C@@H]1C. The van der Waals surface area contributed by atoms with Gasteiger partial charge >= 0.3 is 0 Å². The van der Waals surface area contributed by atoms with E-state index in [0.717, 1.165) is 178 Å². The van der Waals surface area contributed by atoms with Crippen LogP contribution in [0.3, 0.4) is 0 Å². The summed E-state index contributed by atoms with van der Waals surface area (Å²) in [5.41, 5.74) is 0. The molecule has 0 spiro atoms. The van der Waals surface area contributed by atoms with Crippen LogP contribution >= 0.6 is 0 Å². The lowest BCUT2D eigenvalue weighted by Gasteiger charge is -2.46. The van der Waals surface area contributed by atoms with Crippen molar-refractivity contribution in [3.8, 4) is 0 Å². The predicted molar refractivity (Wildman–Crippen MR) is 363 cm³/mol. The van der Waals surface area contributed by atoms with Crippen molar-refractivity contribution in [2.24, 2.45) is 178 Å². The first-order chi connectivity index (χ1) is 39.1. The van der Waals surface area contributed by atoms with Crippen molar-refractivity contribution in [3.63, 3.8) is 0 Å². The molecule has 12 bridgehead atoms. The Morgan fingerprint density at radius 3 is 0.585 bits per heavy atom. The van der Waals surface area contributed by atoms with Crippen molar-refractivity contribution < 1.29 is 0 Å². The van der Waals surface area contributed by atoms with Crippen LogP contribution in [0.15, 0.2) is 60.8 Å². The topological polar surface area (TPSA) is 0 Å². The monoisotopic (exact) mass is 1130 g/mol. The Morgan fingerprint density at radius 2 is 0.402 bits per heavy atom. The van der Waals surface area contributed by atoms with Crippen molar-refractivity contribution in [2.75, 3.05) is 0 Å². The number of hydrogen-bond acceptors (Lipinski definition) is 0. The van der Waals surface area contributed by atoms with Crippen LogP contribution in [0.1, 0.15) is 279 Å². The highest BCUT2D eigenvalue weighted by molar-refractivity contribution is 5.13. The summed E-state index contributed by atoms with van der Waals surface area (Å²) in [7, 11) is 0. The zero-order chi connectivity index (χ0) is 59.4. The molecule has 0 amide bonds. The molecule has 0 heteroatoms. The van der Waals surface area contributed by atoms with E-state index in [-0.39, 0.29) is 0 Å². The zero-order valence-corrected chi connectivity index (χ0v) is 58.1. The van der Waals surface area contributed by atoms with E-state index < -0.39 is 0 Å². The minimum atomic E-state index is 0.917. The lowest BCUT2D eigenvalue weighted by molar-refractivity contribution is 0.0455. The summed E-state index contributed by atoms with van der Waals surface area (Å²) in [6, 6.07) is 0. The van der Waals surface area contributed by atoms with Crippen LogP contribution in [0.5, 0.6) is 0 Å². The summed E-state index contributed by atoms with van der Waals surface area (Å²) in [5.74, 6) is 29.4. The van der Waals surface area contributed by atoms with Crippen LogP contribution in [0.4, 0.5) is 0 Å². The van der Waals surface area contributed by atoms with Gasteiger partial charge in [0.05, 0.1) is 0 Å². The van der Waals surface area contributed by atoms with Crippen LogP contribution < -0.4 is 0 Å². The molecule has 0 N–H and O–H groups in total. The second-order valence-corrected chi connectivity index (χ2v) is 33.5. The van der Waals surface area contributed by atoms with E-state index >= 15 is 0 Å². The Bertz CT molecular complexity index is 1740. The standard InChI is InChI=1S/C10H18.2C10H16.C9H16.2C9H14.C9H18.C8H16.C8H14/c3*1-7-8(2)10-5-3-9(7)4-6-10;3*1-6-7(2)9-4-3-8(6)5-9;1-8-6-4-3-5-7-9(8)2;2*1-7-5-3-4-6-8(7)2/h7-10H,3-6H2,1-2H3;2*3,5,7-10H,4,6H2,1-2H3;6-9H,3-5H2,1-2H3;2*3-4,6-9H,5H2,1-2H3;8-9H,3-7H2,1-2H3;7-8H,3-6H2,1-2H3;3-4,7-8H,5-6H2,1-2H3/t7-,8-,9?,10?;2*7-,8-,9-,10+;3*6-,7-,8-,9+;8-,9-;2*7-,8-/m111111000/s1. The van der Waals surface area contributed by atoms with Crippen molar-refractivity contribution in [1.82, 2.24) is 0 Å². The number of allylic oxidation sites excluding steroid dienone is 10. The maximum Gasteiger partial charge on any atom is -0.0199 e. The van der Waals surface area contributed by atoms with Gasteiger partial charge in [0.15, 0.2) is 0 Å². The predicted octanol–water partition coefficient (Wildman–Crippen LogP) is 25.1. The zero-order valence-electron chi connectivity index (χ0n) is 58.1. The molecule has 82 heavy (non-hydrogen) atoms. The molecule has 18 aliphatic carbocycles. The van der Waals surface area contributed by atoms with E-state index in [4.69, 9.17) is 0 Å². The average molecular weight is 1130 g/mol. The number of fused-ring (bicyclic) bond motifs is 13. The van der Waals surface area contributed by atoms with E-state index in [1.807, 2.05) is 0 Å². The van der Waals surface area contributed by atoms with Crippen molar-refractivity contribution in [3.05, 3.63) is 60.8 Å². The van der Waals surface area contributed by atoms with Crippen LogP contribution in [-0.2, 0) is 0 Å². The molecule has 18 rings (SSSR count). The normalized spacial score (nSPS) is 49.1. The highest BCUT2D eigenvalue weighted by atomic mass is 14.5. The molecule has 28 atom stereocenters. The molecule has 11 saturated carbocycles. The fraction of sp³-hybridized carbons (Fsp3) is 0.878. The highest BCUT2D eigenvalue weighted by Gasteiger charge is 2.43. The first kappa shape index (κ1) is 68.2. The molecule has 470 valence electrons. The number of rotatable bonds is 0. The Kier molecular flexibility index (Phi) is 27.3. The Morgan fingerprint density at radius 1 is 0.183 bits per heavy atom. The summed E-state index contributed by atoms with van der Waals surface area (Å²) in [4.78, 5) is 0. The summed E-state index contributed by atoms with van der Waals surface area (Å²) in [6.45, 7) is 43.2. The molecule has 0 heterocycles. The van der Waals surface area contributed by atoms with Crippen molar-refractivity contribution in [2.45, 2.75) is 279 Å². The van der Waals surface area contributed by atoms with Crippen molar-refractivity contribution in [1.29, 1.82) is 0 Å². The molecule has 0 aromatic heterocycles. The highest BCUT2D eigenvalue weighted by Crippen LogP contribution is 2.53. The van der Waals surface area contributed by atoms with Gasteiger partial charge in [-0.3, -0.25) is 0 Å². The third kappa shape index (κ3) is 18.2. The van der Waals surface area contributed by atoms with Gasteiger partial charge in [0.2, 0.25) is 0 Å². The van der Waals surface area contributed by atoms with E-state index in [1.54, 1.807) is 6.42 Å². The Labute approximate surface area is 514 Å². The van der Waals surface area contributed by atoms with Gasteiger partial charge in [-0.25, -0.2) is 0 Å². The van der Waals surface area contributed by atoms with Gasteiger partial charge in [-0.05, 0) is 274 Å². The molecule has 11 fully saturated rings. The molecule has 0 unspecified atom stereocenters. The molecule has 0 aromatic rings. The van der Waals surface area contributed by atoms with Gasteiger partial charge in [0.1, 0.15) is 0 Å². The fourth-order valence-electron chi connectivity index (χ4n) is 19.9. The Hall–Kier alpha value is -1.30. The lowest BCUT2D eigenvalue weighted by atomic mass is 9.60. The summed E-state index contributed by atoms with van der Waals surface area (Å²) >= 11 is 0. The van der Waals surface area contributed by atoms with E-state index in [2.05, 4.69) is 185 Å². The van der Waals surface area contributed by atoms with Gasteiger partial charge in [0.25, 0.3) is 0 Å². The van der Waals surface area contributed by atoms with Crippen LogP contribution in [0.25, 0.3) is 0 Å². The first-order valence-electron chi connectivity index (χ1n) is 37.5. The van der Waals surface area contributed by atoms with Gasteiger partial charge in [-0.1, -0.05) is 243 Å². The molecule has 0 nitrogen and oxygen atoms in total. The van der Waals surface area contributed by atoms with Gasteiger partial charge in [-0.2, -0.15) is 0 Å². The van der Waals surface area contributed by atoms with E-state index in [9.17, 15) is 0 Å². The molecule has 0 radical (unpaired) electrons. The molecule has 0 aliphatic heterocycles. The van der Waals surface area contributed by atoms with Crippen LogP contribution in [0.2, 0.25) is 0 Å². The lowest BCUT2D eigenvalue weighted by Crippen LogP contribution is -2.36. The quantitative estimate of drug-likeness (QED) is 0.168. The molecule has 18 aliphatic rings. The fourth-order valence-corrected chi connectivity index (χ4v) is 19.9. The van der Waals surface area contributed by atoms with Gasteiger partial charge in [0, 0.05) is 0 Å². The molecular weight excluding hydrogens is 985 g/mol. The summed E-state index contributed by atoms with van der Waals surface area (Å²) in [5, 5.41) is 0. The molecule has 0 saturated heterocycles. The van der Waals surface area contributed by atoms with E-state index in [0.29, 0.717) is 0 Å². The second-order valence-electron chi connectivity index (χ2n) is 33.5. The largest absolute Gasteiger partial charge is 0.0883 e. The van der Waals surface area contributed by atoms with E-state index in [1.165, 1.54) is 148 Å². The van der Waals surface area contributed by atoms with Crippen LogP contribution in [0, 0.1) is 178 Å². The maximum atomic E-state index is 2.46. The Balaban J connectivity index is 0.000000133. The van der Waals surface area contributed by atoms with Crippen LogP contribution in [-0.4, -0.2) is 0 Å². The second kappa shape index (κ2) is 32.8. The smallest absolute Gasteiger partial charge is 0.0199 e. The van der Waals surface area contributed by atoms with Gasteiger partial charge < -0.3 is 0 Å². The molecule has 0 aromatic carbocycles. The third-order valence-corrected chi connectivity index (χ3v) is 29.3. The maximum absolute atomic E-state index is 2.46. The minimum absolute atomic E-state index is 0.917. The third-order valence-electron chi connectivity index (χ3n) is 29.3. The first-order valence-corrected chi connectivity index (χ1v) is 37.5.